The van der Waals surface area contributed by atoms with Crippen molar-refractivity contribution in [3.05, 3.63) is 187 Å². The van der Waals surface area contributed by atoms with Gasteiger partial charge in [-0.2, -0.15) is 0 Å². The number of phenols is 2. The number of nitrogen functional groups attached to an aromatic ring is 1. The molecule has 0 aliphatic heterocycles. The van der Waals surface area contributed by atoms with Crippen LogP contribution in [0.2, 0.25) is 30.1 Å². The number of halogens is 6. The van der Waals surface area contributed by atoms with E-state index < -0.39 is 6.04 Å². The zero-order valence-electron chi connectivity index (χ0n) is 29.4. The Morgan fingerprint density at radius 3 is 1.74 bits per heavy atom. The lowest BCUT2D eigenvalue weighted by molar-refractivity contribution is 0.112. The van der Waals surface area contributed by atoms with Crippen LogP contribution in [0.3, 0.4) is 0 Å². The molecule has 0 amide bonds. The summed E-state index contributed by atoms with van der Waals surface area (Å²) in [6.07, 6.45) is 7.24. The first kappa shape index (κ1) is 42.7. The Labute approximate surface area is 357 Å². The van der Waals surface area contributed by atoms with Crippen LogP contribution in [0.25, 0.3) is 21.8 Å². The van der Waals surface area contributed by atoms with Crippen LogP contribution in [0, 0.1) is 0 Å². The molecule has 57 heavy (non-hydrogen) atoms. The highest BCUT2D eigenvalue weighted by Crippen LogP contribution is 2.41. The summed E-state index contributed by atoms with van der Waals surface area (Å²) in [6, 6.07) is 32.4. The largest absolute Gasteiger partial charge is 0.506 e. The Morgan fingerprint density at radius 1 is 0.561 bits per heavy atom. The van der Waals surface area contributed by atoms with Gasteiger partial charge in [-0.25, -0.2) is 9.97 Å². The summed E-state index contributed by atoms with van der Waals surface area (Å²) in [5, 5.41) is 28.2. The van der Waals surface area contributed by atoms with Crippen molar-refractivity contribution in [1.82, 2.24) is 19.9 Å². The van der Waals surface area contributed by atoms with Gasteiger partial charge < -0.3 is 21.3 Å². The minimum Gasteiger partial charge on any atom is -0.506 e. The van der Waals surface area contributed by atoms with E-state index in [0.717, 1.165) is 5.39 Å². The number of nitrogens with two attached hydrogens (primary N) is 1. The van der Waals surface area contributed by atoms with Crippen molar-refractivity contribution in [2.24, 2.45) is 0 Å². The van der Waals surface area contributed by atoms with Crippen LogP contribution in [-0.4, -0.2) is 36.4 Å². The number of nitrogens with one attached hydrogen (secondary N) is 1. The molecule has 0 saturated heterocycles. The summed E-state index contributed by atoms with van der Waals surface area (Å²) in [5.41, 5.74) is 7.83. The van der Waals surface area contributed by atoms with Crippen molar-refractivity contribution < 1.29 is 15.0 Å². The van der Waals surface area contributed by atoms with Gasteiger partial charge in [0, 0.05) is 61.8 Å². The first-order valence-electron chi connectivity index (χ1n) is 16.6. The van der Waals surface area contributed by atoms with Crippen LogP contribution in [0.15, 0.2) is 140 Å². The van der Waals surface area contributed by atoms with Gasteiger partial charge in [-0.3, -0.25) is 14.8 Å². The quantitative estimate of drug-likeness (QED) is 0.124. The molecule has 0 bridgehead atoms. The van der Waals surface area contributed by atoms with Crippen molar-refractivity contribution in [1.29, 1.82) is 0 Å². The van der Waals surface area contributed by atoms with E-state index in [9.17, 15) is 15.0 Å². The van der Waals surface area contributed by atoms with E-state index in [4.69, 9.17) is 75.3 Å². The highest BCUT2D eigenvalue weighted by Gasteiger charge is 2.24. The van der Waals surface area contributed by atoms with Gasteiger partial charge in [-0.05, 0) is 109 Å². The third-order valence-electron chi connectivity index (χ3n) is 7.85. The maximum absolute atomic E-state index is 11.0. The number of carbonyl (C=O) groups excluding carboxylic acids is 1. The number of hydrogen-bond acceptors (Lipinski definition) is 9. The smallest absolute Gasteiger partial charge is 0.151 e. The molecule has 0 radical (unpaired) electrons. The van der Waals surface area contributed by atoms with Gasteiger partial charge in [0.1, 0.15) is 34.2 Å². The third-order valence-corrected chi connectivity index (χ3v) is 9.65. The van der Waals surface area contributed by atoms with Gasteiger partial charge in [0.25, 0.3) is 0 Å². The summed E-state index contributed by atoms with van der Waals surface area (Å²) in [6.45, 7) is 0. The number of benzene rings is 4. The minimum absolute atomic E-state index is 0.0180. The maximum atomic E-state index is 11.0. The fourth-order valence-corrected chi connectivity index (χ4v) is 6.42. The number of aromatic nitrogens is 4. The lowest BCUT2D eigenvalue weighted by Gasteiger charge is -2.23. The van der Waals surface area contributed by atoms with Crippen LogP contribution >= 0.6 is 69.6 Å². The molecule has 1 atom stereocenters. The van der Waals surface area contributed by atoms with E-state index in [2.05, 4.69) is 25.3 Å². The lowest BCUT2D eigenvalue weighted by Crippen LogP contribution is -2.14. The number of aldehydes is 1. The summed E-state index contributed by atoms with van der Waals surface area (Å²) >= 11 is 36.2. The highest BCUT2D eigenvalue weighted by atomic mass is 35.5. The first-order chi connectivity index (χ1) is 27.5. The SMILES string of the molecule is Nc1ccccn1.O=Cc1cc(Cl)ccc1Cl.Oc1c(C(Nc2ccccn2)c2cc(Cl)ccc2Cl)cc(Cl)c2cccnc12.Oc1ccc(Cl)c2cccnc12. The number of anilines is 2. The number of rotatable bonds is 5. The molecule has 288 valence electrons. The molecular formula is C42H30Cl6N6O3. The van der Waals surface area contributed by atoms with Crippen LogP contribution in [0.5, 0.6) is 11.5 Å². The molecule has 4 aromatic heterocycles. The van der Waals surface area contributed by atoms with Crippen LogP contribution in [0.4, 0.5) is 11.6 Å². The van der Waals surface area contributed by atoms with Crippen LogP contribution in [0.1, 0.15) is 27.5 Å². The predicted molar refractivity (Wildman–Crippen MR) is 233 cm³/mol. The molecule has 9 nitrogen and oxygen atoms in total. The standard InChI is InChI=1S/C21H14Cl3N3O.C9H6ClNO.C7H4Cl2O.C5H6N2/c22-12-6-7-16(23)14(10-12)19(27-18-5-1-2-8-25-18)15-11-17(24)13-4-3-9-26-20(13)21(15)28;10-7-3-4-8(12)9-6(7)2-1-5-11-9;8-6-1-2-7(9)5(3-6)4-10;6-5-3-1-2-4-7-5/h1-11,19,28H,(H,25,27);1-5,12H;1-4H;1-4H,(H2,6,7). The number of carbonyl (C=O) groups is 1. The van der Waals surface area contributed by atoms with Gasteiger partial charge in [-0.15, -0.1) is 0 Å². The number of hydrogen-bond donors (Lipinski definition) is 4. The molecule has 1 unspecified atom stereocenters. The number of aromatic hydroxyl groups is 2. The Morgan fingerprint density at radius 2 is 1.16 bits per heavy atom. The number of pyridine rings is 4. The second-order valence-electron chi connectivity index (χ2n) is 11.7. The number of nitrogens with zero attached hydrogens (tertiary/aromatic N) is 4. The van der Waals surface area contributed by atoms with Crippen molar-refractivity contribution in [2.75, 3.05) is 11.1 Å². The fraction of sp³-hybridized carbons (Fsp3) is 0.0238. The van der Waals surface area contributed by atoms with Crippen molar-refractivity contribution in [2.45, 2.75) is 6.04 Å². The van der Waals surface area contributed by atoms with Gasteiger partial charge in [-0.1, -0.05) is 81.7 Å². The Balaban J connectivity index is 0.000000174. The van der Waals surface area contributed by atoms with E-state index in [-0.39, 0.29) is 11.5 Å². The predicted octanol–water partition coefficient (Wildman–Crippen LogP) is 12.6. The summed E-state index contributed by atoms with van der Waals surface area (Å²) < 4.78 is 0. The van der Waals surface area contributed by atoms with Crippen molar-refractivity contribution in [3.63, 3.8) is 0 Å². The Kier molecular flexibility index (Phi) is 15.5. The van der Waals surface area contributed by atoms with Crippen molar-refractivity contribution in [3.8, 4) is 11.5 Å². The number of fused-ring (bicyclic) bond motifs is 2. The van der Waals surface area contributed by atoms with Gasteiger partial charge >= 0.3 is 0 Å². The molecule has 0 spiro atoms. The van der Waals surface area contributed by atoms with Crippen LogP contribution < -0.4 is 11.1 Å². The zero-order chi connectivity index (χ0) is 40.9. The zero-order valence-corrected chi connectivity index (χ0v) is 33.9. The Bertz CT molecular complexity index is 2570. The Hall–Kier alpha value is -5.39. The van der Waals surface area contributed by atoms with Crippen LogP contribution in [-0.2, 0) is 0 Å². The second kappa shape index (κ2) is 20.7. The molecule has 0 fully saturated rings. The third kappa shape index (κ3) is 11.6. The summed E-state index contributed by atoms with van der Waals surface area (Å²) in [4.78, 5) is 26.6. The van der Waals surface area contributed by atoms with Gasteiger partial charge in [0.05, 0.1) is 21.1 Å². The molecular weight excluding hydrogens is 849 g/mol. The number of phenolic OH excluding ortho intramolecular Hbond substituents is 2. The molecule has 4 aromatic carbocycles. The van der Waals surface area contributed by atoms with E-state index in [1.807, 2.05) is 42.5 Å². The molecule has 0 aliphatic rings. The van der Waals surface area contributed by atoms with E-state index in [1.54, 1.807) is 85.5 Å². The molecule has 4 heterocycles. The van der Waals surface area contributed by atoms with E-state index >= 15 is 0 Å². The molecule has 0 saturated carbocycles. The van der Waals surface area contributed by atoms with E-state index in [1.165, 1.54) is 12.1 Å². The maximum Gasteiger partial charge on any atom is 0.151 e. The molecule has 8 aromatic rings. The van der Waals surface area contributed by atoms with Crippen molar-refractivity contribution >= 4 is 109 Å². The minimum atomic E-state index is -0.551. The molecule has 15 heteroatoms. The molecule has 8 rings (SSSR count). The average molecular weight is 879 g/mol. The second-order valence-corrected chi connectivity index (χ2v) is 14.2. The summed E-state index contributed by atoms with van der Waals surface area (Å²) in [7, 11) is 0. The van der Waals surface area contributed by atoms with E-state index in [0.29, 0.717) is 81.2 Å². The van der Waals surface area contributed by atoms with Gasteiger partial charge in [0.15, 0.2) is 6.29 Å². The monoisotopic (exact) mass is 876 g/mol. The van der Waals surface area contributed by atoms with Gasteiger partial charge in [0.2, 0.25) is 0 Å². The highest BCUT2D eigenvalue weighted by molar-refractivity contribution is 6.36. The topological polar surface area (TPSA) is 147 Å². The average Bonchev–Trinajstić information content (AvgIpc) is 3.23. The molecule has 5 N–H and O–H groups in total. The summed E-state index contributed by atoms with van der Waals surface area (Å²) in [5.74, 6) is 1.36. The lowest BCUT2D eigenvalue weighted by atomic mass is 9.96. The fourth-order valence-electron chi connectivity index (χ4n) is 5.18. The molecule has 0 aliphatic carbocycles. The normalized spacial score (nSPS) is 10.8. The first-order valence-corrected chi connectivity index (χ1v) is 18.9.